The molecule has 2 aromatic carbocycles. The zero-order valence-corrected chi connectivity index (χ0v) is 19.9. The van der Waals surface area contributed by atoms with E-state index >= 15 is 0 Å². The molecule has 0 bridgehead atoms. The van der Waals surface area contributed by atoms with Gasteiger partial charge in [0.1, 0.15) is 6.61 Å². The number of ether oxygens (including phenoxy) is 2. The summed E-state index contributed by atoms with van der Waals surface area (Å²) in [4.78, 5) is 4.61. The van der Waals surface area contributed by atoms with Gasteiger partial charge >= 0.3 is 0 Å². The first-order chi connectivity index (χ1) is 15.7. The molecule has 0 spiro atoms. The van der Waals surface area contributed by atoms with E-state index in [1.54, 1.807) is 0 Å². The summed E-state index contributed by atoms with van der Waals surface area (Å²) in [7, 11) is 0. The number of aromatic nitrogens is 3. The van der Waals surface area contributed by atoms with Gasteiger partial charge in [-0.15, -0.1) is 12.4 Å². The summed E-state index contributed by atoms with van der Waals surface area (Å²) in [6.45, 7) is 5.58. The highest BCUT2D eigenvalue weighted by Gasteiger charge is 2.29. The van der Waals surface area contributed by atoms with Crippen LogP contribution in [-0.4, -0.2) is 75.2 Å². The van der Waals surface area contributed by atoms with E-state index in [0.29, 0.717) is 23.8 Å². The maximum atomic E-state index is 9.17. The van der Waals surface area contributed by atoms with Crippen molar-refractivity contribution in [3.8, 4) is 17.2 Å². The van der Waals surface area contributed by atoms with Crippen molar-refractivity contribution in [2.45, 2.75) is 12.8 Å². The Labute approximate surface area is 204 Å². The van der Waals surface area contributed by atoms with Gasteiger partial charge in [-0.3, -0.25) is 14.4 Å². The topological polar surface area (TPSA) is 67.9 Å². The Morgan fingerprint density at radius 1 is 0.939 bits per heavy atom. The molecule has 0 amide bonds. The monoisotopic (exact) mass is 489 g/mol. The van der Waals surface area contributed by atoms with E-state index in [9.17, 15) is 5.11 Å². The van der Waals surface area contributed by atoms with E-state index in [0.717, 1.165) is 50.0 Å². The van der Waals surface area contributed by atoms with Crippen molar-refractivity contribution in [3.63, 3.8) is 0 Å². The summed E-state index contributed by atoms with van der Waals surface area (Å²) < 4.78 is 16.7. The van der Waals surface area contributed by atoms with E-state index in [4.69, 9.17) is 26.8 Å². The predicted molar refractivity (Wildman–Crippen MR) is 130 cm³/mol. The van der Waals surface area contributed by atoms with Gasteiger partial charge in [0.25, 0.3) is 0 Å². The van der Waals surface area contributed by atoms with Crippen LogP contribution in [0.25, 0.3) is 5.69 Å². The van der Waals surface area contributed by atoms with E-state index in [-0.39, 0.29) is 25.1 Å². The molecule has 1 saturated heterocycles. The lowest BCUT2D eigenvalue weighted by molar-refractivity contribution is 0.0798. The molecule has 1 fully saturated rings. The molecule has 2 aliphatic rings. The zero-order valence-electron chi connectivity index (χ0n) is 18.2. The number of benzene rings is 2. The van der Waals surface area contributed by atoms with Crippen LogP contribution in [0.2, 0.25) is 0 Å². The third-order valence-electron chi connectivity index (χ3n) is 5.89. The van der Waals surface area contributed by atoms with Gasteiger partial charge < -0.3 is 14.6 Å². The van der Waals surface area contributed by atoms with Crippen LogP contribution >= 0.6 is 24.6 Å². The maximum absolute atomic E-state index is 9.17. The molecule has 1 aromatic heterocycles. The van der Waals surface area contributed by atoms with Crippen LogP contribution in [0.4, 0.5) is 0 Å². The molecule has 10 heteroatoms. The van der Waals surface area contributed by atoms with Crippen LogP contribution in [0, 0.1) is 4.77 Å². The highest BCUT2D eigenvalue weighted by molar-refractivity contribution is 7.71. The minimum atomic E-state index is -0.366. The van der Waals surface area contributed by atoms with E-state index in [1.165, 1.54) is 0 Å². The van der Waals surface area contributed by atoms with Crippen molar-refractivity contribution in [1.29, 1.82) is 0 Å². The smallest absolute Gasteiger partial charge is 0.203 e. The zero-order chi connectivity index (χ0) is 21.9. The lowest BCUT2D eigenvalue weighted by atomic mass is 10.2. The summed E-state index contributed by atoms with van der Waals surface area (Å²) in [6.07, 6.45) is -0.366. The average molecular weight is 490 g/mol. The van der Waals surface area contributed by atoms with Crippen molar-refractivity contribution in [1.82, 2.24) is 24.1 Å². The molecular formula is C23H28ClN5O3S. The number of para-hydroxylation sites is 3. The number of piperazine rings is 1. The normalized spacial score (nSPS) is 18.6. The molecule has 1 N–H and O–H groups in total. The molecule has 1 atom stereocenters. The highest BCUT2D eigenvalue weighted by Crippen LogP contribution is 2.36. The van der Waals surface area contributed by atoms with Crippen LogP contribution in [0.1, 0.15) is 11.9 Å². The van der Waals surface area contributed by atoms with Gasteiger partial charge in [0, 0.05) is 38.4 Å². The average Bonchev–Trinajstić information content (AvgIpc) is 3.16. The van der Waals surface area contributed by atoms with Crippen molar-refractivity contribution in [3.05, 3.63) is 65.2 Å². The first kappa shape index (κ1) is 23.7. The van der Waals surface area contributed by atoms with E-state index in [2.05, 4.69) is 9.80 Å². The van der Waals surface area contributed by atoms with Crippen LogP contribution in [0.5, 0.6) is 11.5 Å². The number of nitrogens with zero attached hydrogens (tertiary/aromatic N) is 5. The molecule has 0 saturated carbocycles. The number of hydrogen-bond donors (Lipinski definition) is 1. The lowest BCUT2D eigenvalue weighted by Crippen LogP contribution is -2.47. The second-order valence-electron chi connectivity index (χ2n) is 8.00. The summed E-state index contributed by atoms with van der Waals surface area (Å²) in [5, 5.41) is 14.1. The van der Waals surface area contributed by atoms with Crippen molar-refractivity contribution in [2.75, 3.05) is 45.9 Å². The van der Waals surface area contributed by atoms with Crippen LogP contribution in [-0.2, 0) is 6.67 Å². The Balaban J connectivity index is 0.00000259. The highest BCUT2D eigenvalue weighted by atomic mass is 35.5. The molecule has 8 nitrogen and oxygen atoms in total. The van der Waals surface area contributed by atoms with Crippen molar-refractivity contribution in [2.24, 2.45) is 0 Å². The molecule has 0 radical (unpaired) electrons. The van der Waals surface area contributed by atoms with Crippen molar-refractivity contribution < 1.29 is 14.6 Å². The molecule has 2 aliphatic heterocycles. The maximum Gasteiger partial charge on any atom is 0.203 e. The van der Waals surface area contributed by atoms with Crippen LogP contribution < -0.4 is 9.47 Å². The number of aliphatic hydroxyl groups is 1. The second kappa shape index (κ2) is 10.7. The minimum absolute atomic E-state index is 0. The number of rotatable bonds is 6. The number of hydrogen-bond acceptors (Lipinski definition) is 7. The molecule has 5 rings (SSSR count). The predicted octanol–water partition coefficient (Wildman–Crippen LogP) is 2.90. The lowest BCUT2D eigenvalue weighted by Gasteiger charge is -2.33. The molecule has 33 heavy (non-hydrogen) atoms. The molecule has 0 aliphatic carbocycles. The SMILES string of the molecule is Cl.OCCN1CCN(Cn2nc(C3COc4ccccc4O3)n(-c3ccccc3)c2=S)CC1. The number of aliphatic hydroxyl groups excluding tert-OH is 1. The van der Waals surface area contributed by atoms with Crippen LogP contribution in [0.3, 0.4) is 0 Å². The Bertz CT molecular complexity index is 1110. The van der Waals surface area contributed by atoms with Gasteiger partial charge in [-0.05, 0) is 36.5 Å². The molecule has 3 heterocycles. The van der Waals surface area contributed by atoms with Gasteiger partial charge in [-0.2, -0.15) is 5.10 Å². The van der Waals surface area contributed by atoms with E-state index < -0.39 is 0 Å². The molecule has 176 valence electrons. The van der Waals surface area contributed by atoms with Gasteiger partial charge in [0.15, 0.2) is 23.4 Å². The summed E-state index contributed by atoms with van der Waals surface area (Å²) in [5.41, 5.74) is 0.953. The Kier molecular flexibility index (Phi) is 7.67. The Morgan fingerprint density at radius 3 is 2.33 bits per heavy atom. The van der Waals surface area contributed by atoms with Gasteiger partial charge in [0.05, 0.1) is 13.3 Å². The Morgan fingerprint density at radius 2 is 1.61 bits per heavy atom. The molecular weight excluding hydrogens is 462 g/mol. The fraction of sp³-hybridized carbons (Fsp3) is 0.391. The quantitative estimate of drug-likeness (QED) is 0.534. The minimum Gasteiger partial charge on any atom is -0.485 e. The Hall–Kier alpha value is -2.43. The first-order valence-electron chi connectivity index (χ1n) is 10.9. The number of halogens is 1. The van der Waals surface area contributed by atoms with Crippen LogP contribution in [0.15, 0.2) is 54.6 Å². The number of β-amino-alcohol motifs (C(OH)–C–C–N with tert-alkyl or cyclic N) is 1. The number of fused-ring (bicyclic) bond motifs is 1. The van der Waals surface area contributed by atoms with E-state index in [1.807, 2.05) is 63.8 Å². The second-order valence-corrected chi connectivity index (χ2v) is 8.37. The summed E-state index contributed by atoms with van der Waals surface area (Å²) in [6, 6.07) is 17.7. The molecule has 1 unspecified atom stereocenters. The third kappa shape index (κ3) is 5.07. The fourth-order valence-electron chi connectivity index (χ4n) is 4.18. The molecule has 3 aromatic rings. The summed E-state index contributed by atoms with van der Waals surface area (Å²) in [5.74, 6) is 2.19. The fourth-order valence-corrected chi connectivity index (χ4v) is 4.47. The largest absolute Gasteiger partial charge is 0.485 e. The summed E-state index contributed by atoms with van der Waals surface area (Å²) >= 11 is 5.87. The first-order valence-corrected chi connectivity index (χ1v) is 11.3. The van der Waals surface area contributed by atoms with Gasteiger partial charge in [0.2, 0.25) is 4.77 Å². The van der Waals surface area contributed by atoms with Gasteiger partial charge in [-0.1, -0.05) is 30.3 Å². The standard InChI is InChI=1S/C23H27N5O3S.ClH/c29-15-14-25-10-12-26(13-11-25)17-27-23(32)28(18-6-2-1-3-7-18)22(24-27)21-16-30-19-8-4-5-9-20(19)31-21;/h1-9,21,29H,10-17H2;1H. The third-order valence-corrected chi connectivity index (χ3v) is 6.28. The van der Waals surface area contributed by atoms with Gasteiger partial charge in [-0.25, -0.2) is 4.68 Å². The van der Waals surface area contributed by atoms with Crippen molar-refractivity contribution >= 4 is 24.6 Å².